The molecule has 0 bridgehead atoms. The number of hydrogen-bond donors (Lipinski definition) is 2. The van der Waals surface area contributed by atoms with Gasteiger partial charge in [-0.2, -0.15) is 0 Å². The van der Waals surface area contributed by atoms with E-state index in [1.54, 1.807) is 18.2 Å². The lowest BCUT2D eigenvalue weighted by molar-refractivity contribution is -0.138. The molecule has 1 aromatic carbocycles. The molecular weight excluding hydrogens is 480 g/mol. The Hall–Kier alpha value is -2.50. The number of unbranched alkanes of at least 4 members (excludes halogenated alkanes) is 18. The van der Waals surface area contributed by atoms with Crippen molar-refractivity contribution in [3.05, 3.63) is 29.8 Å². The highest BCUT2D eigenvalue weighted by molar-refractivity contribution is 5.87. The number of methoxy groups -OCH3 is 1. The van der Waals surface area contributed by atoms with Crippen LogP contribution in [0.3, 0.4) is 0 Å². The van der Waals surface area contributed by atoms with Crippen LogP contribution in [0.4, 0.5) is 0 Å². The van der Waals surface area contributed by atoms with Gasteiger partial charge in [-0.05, 0) is 36.6 Å². The van der Waals surface area contributed by atoms with Crippen LogP contribution in [0, 0.1) is 0 Å². The summed E-state index contributed by atoms with van der Waals surface area (Å²) in [5.74, 6) is -0.575. The second kappa shape index (κ2) is 23.6. The Bertz CT molecular complexity index is 773. The standard InChI is InChI=1S/C32H52O6/c1-37-30-27-28(22-24-29(30)33)23-25-32(36)38-26-20-18-16-14-12-10-8-6-4-2-3-5-7-9-11-13-15-17-19-21-31(34)35/h22-25,27,33H,2-21,26H2,1H3,(H,34,35)/b25-23+. The Morgan fingerprint density at radius 1 is 0.711 bits per heavy atom. The SMILES string of the molecule is COc1cc(/C=C/C(=O)OCCCCCCCCCCCCCCCCCCCCCC(=O)O)ccc1O. The normalized spacial score (nSPS) is 11.2. The molecule has 1 rings (SSSR count). The Kier molecular flexibility index (Phi) is 20.8. The molecule has 0 unspecified atom stereocenters. The zero-order valence-corrected chi connectivity index (χ0v) is 23.8. The summed E-state index contributed by atoms with van der Waals surface area (Å²) in [7, 11) is 1.49. The van der Waals surface area contributed by atoms with E-state index in [2.05, 4.69) is 0 Å². The number of phenolic OH excluding ortho intramolecular Hbond substituents is 1. The molecule has 1 aromatic rings. The highest BCUT2D eigenvalue weighted by Gasteiger charge is 2.02. The molecule has 0 aromatic heterocycles. The fourth-order valence-electron chi connectivity index (χ4n) is 4.57. The highest BCUT2D eigenvalue weighted by Crippen LogP contribution is 2.26. The lowest BCUT2D eigenvalue weighted by atomic mass is 10.0. The minimum atomic E-state index is -0.671. The fraction of sp³-hybridized carbons (Fsp3) is 0.688. The number of ether oxygens (including phenoxy) is 2. The summed E-state index contributed by atoms with van der Waals surface area (Å²) in [5.41, 5.74) is 0.766. The number of aliphatic carboxylic acids is 1. The average Bonchev–Trinajstić information content (AvgIpc) is 2.90. The molecule has 2 N–H and O–H groups in total. The average molecular weight is 533 g/mol. The summed E-state index contributed by atoms with van der Waals surface area (Å²) in [5, 5.41) is 18.2. The Morgan fingerprint density at radius 3 is 1.61 bits per heavy atom. The number of carbonyl (C=O) groups is 2. The fourth-order valence-corrected chi connectivity index (χ4v) is 4.57. The van der Waals surface area contributed by atoms with Crippen molar-refractivity contribution in [1.29, 1.82) is 0 Å². The first kappa shape index (κ1) is 33.5. The van der Waals surface area contributed by atoms with Gasteiger partial charge >= 0.3 is 11.9 Å². The van der Waals surface area contributed by atoms with Crippen LogP contribution in [0.1, 0.15) is 134 Å². The number of hydrogen-bond acceptors (Lipinski definition) is 5. The summed E-state index contributed by atoms with van der Waals surface area (Å²) in [6, 6.07) is 4.92. The van der Waals surface area contributed by atoms with Crippen molar-refractivity contribution in [2.45, 2.75) is 128 Å². The smallest absolute Gasteiger partial charge is 0.330 e. The minimum absolute atomic E-state index is 0.0707. The van der Waals surface area contributed by atoms with Crippen LogP contribution in [0.15, 0.2) is 24.3 Å². The third kappa shape index (κ3) is 19.6. The maximum absolute atomic E-state index is 11.9. The number of carboxylic acids is 1. The molecule has 0 aliphatic carbocycles. The van der Waals surface area contributed by atoms with E-state index < -0.39 is 5.97 Å². The second-order valence-electron chi connectivity index (χ2n) is 10.3. The monoisotopic (exact) mass is 532 g/mol. The molecule has 0 spiro atoms. The summed E-state index contributed by atoms with van der Waals surface area (Å²) in [6.07, 6.45) is 26.9. The largest absolute Gasteiger partial charge is 0.504 e. The van der Waals surface area contributed by atoms with Gasteiger partial charge in [0.2, 0.25) is 0 Å². The number of benzene rings is 1. The summed E-state index contributed by atoms with van der Waals surface area (Å²) in [6.45, 7) is 0.455. The molecule has 0 saturated carbocycles. The second-order valence-corrected chi connectivity index (χ2v) is 10.3. The number of aromatic hydroxyl groups is 1. The van der Waals surface area contributed by atoms with E-state index in [1.807, 2.05) is 0 Å². The van der Waals surface area contributed by atoms with Crippen molar-refractivity contribution in [3.8, 4) is 11.5 Å². The van der Waals surface area contributed by atoms with Gasteiger partial charge in [0.25, 0.3) is 0 Å². The van der Waals surface area contributed by atoms with Gasteiger partial charge in [0.05, 0.1) is 13.7 Å². The first-order valence-electron chi connectivity index (χ1n) is 15.0. The minimum Gasteiger partial charge on any atom is -0.504 e. The lowest BCUT2D eigenvalue weighted by Crippen LogP contribution is -2.02. The summed E-state index contributed by atoms with van der Waals surface area (Å²) < 4.78 is 10.3. The Balaban J connectivity index is 1.80. The van der Waals surface area contributed by atoms with E-state index in [9.17, 15) is 14.7 Å². The van der Waals surface area contributed by atoms with Crippen molar-refractivity contribution >= 4 is 18.0 Å². The molecule has 0 heterocycles. The van der Waals surface area contributed by atoms with Crippen LogP contribution < -0.4 is 4.74 Å². The van der Waals surface area contributed by atoms with Gasteiger partial charge in [0.1, 0.15) is 0 Å². The number of phenols is 1. The number of carbonyl (C=O) groups excluding carboxylic acids is 1. The van der Waals surface area contributed by atoms with Crippen LogP contribution in [0.2, 0.25) is 0 Å². The van der Waals surface area contributed by atoms with Crippen LogP contribution in [0.25, 0.3) is 6.08 Å². The van der Waals surface area contributed by atoms with E-state index in [0.29, 0.717) is 18.8 Å². The van der Waals surface area contributed by atoms with E-state index in [1.165, 1.54) is 116 Å². The molecule has 0 radical (unpaired) electrons. The van der Waals surface area contributed by atoms with E-state index >= 15 is 0 Å². The van der Waals surface area contributed by atoms with Crippen LogP contribution in [-0.4, -0.2) is 35.9 Å². The third-order valence-corrected chi connectivity index (χ3v) is 6.89. The quantitative estimate of drug-likeness (QED) is 0.0742. The molecule has 0 atom stereocenters. The first-order valence-corrected chi connectivity index (χ1v) is 15.0. The van der Waals surface area contributed by atoms with Crippen LogP contribution >= 0.6 is 0 Å². The molecule has 0 aliphatic rings. The van der Waals surface area contributed by atoms with Crippen molar-refractivity contribution in [1.82, 2.24) is 0 Å². The summed E-state index contributed by atoms with van der Waals surface area (Å²) in [4.78, 5) is 22.3. The summed E-state index contributed by atoms with van der Waals surface area (Å²) >= 11 is 0. The predicted molar refractivity (Wildman–Crippen MR) is 155 cm³/mol. The molecule has 6 heteroatoms. The maximum Gasteiger partial charge on any atom is 0.330 e. The Labute approximate surface area is 230 Å². The van der Waals surface area contributed by atoms with Crippen molar-refractivity contribution in [2.24, 2.45) is 0 Å². The van der Waals surface area contributed by atoms with Crippen LogP contribution in [0.5, 0.6) is 11.5 Å². The first-order chi connectivity index (χ1) is 18.5. The molecule has 0 amide bonds. The van der Waals surface area contributed by atoms with Gasteiger partial charge in [0, 0.05) is 12.5 Å². The topological polar surface area (TPSA) is 93.1 Å². The Morgan fingerprint density at radius 2 is 1.16 bits per heavy atom. The molecule has 38 heavy (non-hydrogen) atoms. The molecular formula is C32H52O6. The van der Waals surface area contributed by atoms with Crippen molar-refractivity contribution in [3.63, 3.8) is 0 Å². The van der Waals surface area contributed by atoms with E-state index in [0.717, 1.165) is 31.2 Å². The zero-order chi connectivity index (χ0) is 27.7. The predicted octanol–water partition coefficient (Wildman–Crippen LogP) is 8.84. The molecule has 216 valence electrons. The highest BCUT2D eigenvalue weighted by atomic mass is 16.5. The van der Waals surface area contributed by atoms with Gasteiger partial charge in [-0.15, -0.1) is 0 Å². The molecule has 0 aliphatic heterocycles. The zero-order valence-electron chi connectivity index (χ0n) is 23.8. The molecule has 6 nitrogen and oxygen atoms in total. The molecule has 0 saturated heterocycles. The lowest BCUT2D eigenvalue weighted by Gasteiger charge is -2.05. The van der Waals surface area contributed by atoms with Gasteiger partial charge < -0.3 is 19.7 Å². The van der Waals surface area contributed by atoms with Crippen molar-refractivity contribution in [2.75, 3.05) is 13.7 Å². The number of esters is 1. The number of rotatable bonds is 25. The number of carboxylic acid groups (broad SMARTS) is 1. The molecule has 0 fully saturated rings. The third-order valence-electron chi connectivity index (χ3n) is 6.89. The van der Waals surface area contributed by atoms with Gasteiger partial charge in [-0.25, -0.2) is 4.79 Å². The van der Waals surface area contributed by atoms with Crippen molar-refractivity contribution < 1.29 is 29.3 Å². The van der Waals surface area contributed by atoms with E-state index in [4.69, 9.17) is 14.6 Å². The van der Waals surface area contributed by atoms with E-state index in [-0.39, 0.29) is 11.7 Å². The maximum atomic E-state index is 11.9. The van der Waals surface area contributed by atoms with Gasteiger partial charge in [0.15, 0.2) is 11.5 Å². The van der Waals surface area contributed by atoms with Gasteiger partial charge in [-0.3, -0.25) is 4.79 Å². The van der Waals surface area contributed by atoms with Gasteiger partial charge in [-0.1, -0.05) is 115 Å². The van der Waals surface area contributed by atoms with Crippen LogP contribution in [-0.2, 0) is 14.3 Å².